The lowest BCUT2D eigenvalue weighted by atomic mass is 9.95. The maximum Gasteiger partial charge on any atom is 0.323 e. The minimum absolute atomic E-state index is 0.0480. The van der Waals surface area contributed by atoms with Crippen molar-refractivity contribution >= 4 is 29.0 Å². The van der Waals surface area contributed by atoms with Crippen LogP contribution in [0.4, 0.5) is 21.9 Å². The van der Waals surface area contributed by atoms with Crippen LogP contribution in [0, 0.1) is 6.92 Å². The van der Waals surface area contributed by atoms with Gasteiger partial charge in [0.05, 0.1) is 5.69 Å². The third-order valence-electron chi connectivity index (χ3n) is 4.45. The summed E-state index contributed by atoms with van der Waals surface area (Å²) in [6, 6.07) is 15.3. The third kappa shape index (κ3) is 5.57. The van der Waals surface area contributed by atoms with E-state index in [1.807, 2.05) is 39.0 Å². The van der Waals surface area contributed by atoms with Crippen molar-refractivity contribution in [1.82, 2.24) is 9.97 Å². The fourth-order valence-electron chi connectivity index (χ4n) is 2.89. The molecule has 8 heteroatoms. The molecule has 0 saturated heterocycles. The quantitative estimate of drug-likeness (QED) is 0.505. The number of para-hydroxylation sites is 1. The number of rotatable bonds is 4. The van der Waals surface area contributed by atoms with Crippen molar-refractivity contribution in [1.29, 1.82) is 0 Å². The van der Waals surface area contributed by atoms with E-state index in [2.05, 4.69) is 25.9 Å². The second-order valence-corrected chi connectivity index (χ2v) is 8.11. The van der Waals surface area contributed by atoms with E-state index in [-0.39, 0.29) is 11.0 Å². The van der Waals surface area contributed by atoms with E-state index >= 15 is 0 Å². The molecule has 0 aliphatic heterocycles. The molecule has 8 nitrogen and oxygen atoms in total. The molecule has 0 radical (unpaired) electrons. The Balaban J connectivity index is 1.73. The highest BCUT2D eigenvalue weighted by Crippen LogP contribution is 2.19. The molecule has 0 unspecified atom stereocenters. The lowest BCUT2D eigenvalue weighted by Crippen LogP contribution is -2.30. The molecule has 3 rings (SSSR count). The molecule has 160 valence electrons. The van der Waals surface area contributed by atoms with Gasteiger partial charge in [-0.05, 0) is 37.3 Å². The van der Waals surface area contributed by atoms with E-state index < -0.39 is 17.5 Å². The van der Waals surface area contributed by atoms with Crippen LogP contribution in [0.3, 0.4) is 0 Å². The number of urea groups is 1. The Labute approximate surface area is 180 Å². The normalized spacial score (nSPS) is 11.0. The third-order valence-corrected chi connectivity index (χ3v) is 4.45. The largest absolute Gasteiger partial charge is 0.323 e. The molecule has 0 saturated carbocycles. The van der Waals surface area contributed by atoms with Crippen molar-refractivity contribution in [2.24, 2.45) is 0 Å². The molecule has 0 atom stereocenters. The van der Waals surface area contributed by atoms with Crippen LogP contribution >= 0.6 is 0 Å². The standard InChI is InChI=1S/C23H25N5O3/c1-14-18(20(30)28-21(24-14)23(2,3)4)19(29)25-16-11-8-12-17(13-16)27-22(31)26-15-9-6-5-7-10-15/h5-13H,1-4H3,(H,25,29)(H,24,28,30)(H2,26,27,31). The van der Waals surface area contributed by atoms with E-state index in [0.29, 0.717) is 28.6 Å². The predicted molar refractivity (Wildman–Crippen MR) is 122 cm³/mol. The van der Waals surface area contributed by atoms with Crippen molar-refractivity contribution in [3.63, 3.8) is 0 Å². The van der Waals surface area contributed by atoms with Crippen molar-refractivity contribution in [3.05, 3.63) is 82.0 Å². The topological polar surface area (TPSA) is 116 Å². The first-order valence-corrected chi connectivity index (χ1v) is 9.79. The van der Waals surface area contributed by atoms with Gasteiger partial charge in [0.25, 0.3) is 11.5 Å². The van der Waals surface area contributed by atoms with E-state index in [9.17, 15) is 14.4 Å². The Morgan fingerprint density at radius 3 is 2.06 bits per heavy atom. The number of hydrogen-bond donors (Lipinski definition) is 4. The summed E-state index contributed by atoms with van der Waals surface area (Å²) in [5.74, 6) is -0.0558. The van der Waals surface area contributed by atoms with Gasteiger partial charge in [-0.2, -0.15) is 0 Å². The number of carbonyl (C=O) groups excluding carboxylic acids is 2. The van der Waals surface area contributed by atoms with Crippen molar-refractivity contribution in [3.8, 4) is 0 Å². The molecule has 31 heavy (non-hydrogen) atoms. The monoisotopic (exact) mass is 419 g/mol. The summed E-state index contributed by atoms with van der Waals surface area (Å²) in [7, 11) is 0. The number of aromatic nitrogens is 2. The van der Waals surface area contributed by atoms with Crippen molar-refractivity contribution in [2.75, 3.05) is 16.0 Å². The smallest absolute Gasteiger partial charge is 0.322 e. The zero-order valence-corrected chi connectivity index (χ0v) is 17.9. The van der Waals surface area contributed by atoms with Crippen LogP contribution in [0.25, 0.3) is 0 Å². The first-order valence-electron chi connectivity index (χ1n) is 9.79. The zero-order chi connectivity index (χ0) is 22.6. The van der Waals surface area contributed by atoms with Crippen LogP contribution in [0.15, 0.2) is 59.4 Å². The minimum Gasteiger partial charge on any atom is -0.322 e. The van der Waals surface area contributed by atoms with Gasteiger partial charge in [0.2, 0.25) is 0 Å². The average Bonchev–Trinajstić information content (AvgIpc) is 2.67. The molecule has 0 aliphatic carbocycles. The van der Waals surface area contributed by atoms with Crippen molar-refractivity contribution < 1.29 is 9.59 Å². The van der Waals surface area contributed by atoms with Gasteiger partial charge in [0, 0.05) is 22.5 Å². The Morgan fingerprint density at radius 1 is 0.871 bits per heavy atom. The molecule has 0 spiro atoms. The van der Waals surface area contributed by atoms with Gasteiger partial charge in [0.15, 0.2) is 0 Å². The molecule has 0 bridgehead atoms. The second-order valence-electron chi connectivity index (χ2n) is 8.11. The summed E-state index contributed by atoms with van der Waals surface area (Å²) in [6.45, 7) is 7.41. The van der Waals surface area contributed by atoms with E-state index in [4.69, 9.17) is 0 Å². The molecule has 2 aromatic carbocycles. The summed E-state index contributed by atoms with van der Waals surface area (Å²) in [5, 5.41) is 8.12. The minimum atomic E-state index is -0.572. The first kappa shape index (κ1) is 21.8. The second kappa shape index (κ2) is 8.83. The number of anilines is 3. The maximum atomic E-state index is 12.7. The number of hydrogen-bond acceptors (Lipinski definition) is 4. The van der Waals surface area contributed by atoms with Gasteiger partial charge in [0.1, 0.15) is 11.4 Å². The summed E-state index contributed by atoms with van der Waals surface area (Å²) >= 11 is 0. The number of amides is 3. The molecule has 4 N–H and O–H groups in total. The van der Waals surface area contributed by atoms with Crippen LogP contribution < -0.4 is 21.5 Å². The molecule has 3 amide bonds. The highest BCUT2D eigenvalue weighted by molar-refractivity contribution is 6.05. The van der Waals surface area contributed by atoms with E-state index in [1.165, 1.54) is 0 Å². The summed E-state index contributed by atoms with van der Waals surface area (Å²) in [4.78, 5) is 44.5. The van der Waals surface area contributed by atoms with Crippen molar-refractivity contribution in [2.45, 2.75) is 33.1 Å². The van der Waals surface area contributed by atoms with Crippen LogP contribution in [-0.2, 0) is 5.41 Å². The number of carbonyl (C=O) groups is 2. The number of benzene rings is 2. The molecular formula is C23H25N5O3. The summed E-state index contributed by atoms with van der Waals surface area (Å²) < 4.78 is 0. The predicted octanol–water partition coefficient (Wildman–Crippen LogP) is 4.27. The van der Waals surface area contributed by atoms with Crippen LogP contribution in [0.5, 0.6) is 0 Å². The Hall–Kier alpha value is -3.94. The average molecular weight is 419 g/mol. The molecule has 0 aliphatic rings. The number of nitrogens with zero attached hydrogens (tertiary/aromatic N) is 1. The van der Waals surface area contributed by atoms with Gasteiger partial charge in [-0.15, -0.1) is 0 Å². The Bertz CT molecular complexity index is 1160. The van der Waals surface area contributed by atoms with Gasteiger partial charge < -0.3 is 20.9 Å². The first-order chi connectivity index (χ1) is 14.6. The van der Waals surface area contributed by atoms with Gasteiger partial charge in [-0.25, -0.2) is 9.78 Å². The number of aryl methyl sites for hydroxylation is 1. The number of nitrogens with one attached hydrogen (secondary N) is 4. The van der Waals surface area contributed by atoms with Gasteiger partial charge in [-0.3, -0.25) is 9.59 Å². The molecule has 0 fully saturated rings. The lowest BCUT2D eigenvalue weighted by Gasteiger charge is -2.18. The number of aromatic amines is 1. The SMILES string of the molecule is Cc1nc(C(C)(C)C)[nH]c(=O)c1C(=O)Nc1cccc(NC(=O)Nc2ccccc2)c1. The Kier molecular flexibility index (Phi) is 6.20. The van der Waals surface area contributed by atoms with Gasteiger partial charge in [-0.1, -0.05) is 45.0 Å². The summed E-state index contributed by atoms with van der Waals surface area (Å²) in [6.07, 6.45) is 0. The fraction of sp³-hybridized carbons (Fsp3) is 0.217. The lowest BCUT2D eigenvalue weighted by molar-refractivity contribution is 0.102. The molecule has 3 aromatic rings. The van der Waals surface area contributed by atoms with E-state index in [0.717, 1.165) is 0 Å². The fourth-order valence-corrected chi connectivity index (χ4v) is 2.89. The van der Waals surface area contributed by atoms with Crippen LogP contribution in [0.1, 0.15) is 42.6 Å². The zero-order valence-electron chi connectivity index (χ0n) is 17.9. The van der Waals surface area contributed by atoms with Crippen LogP contribution in [0.2, 0.25) is 0 Å². The molecule has 1 aromatic heterocycles. The highest BCUT2D eigenvalue weighted by Gasteiger charge is 2.22. The van der Waals surface area contributed by atoms with E-state index in [1.54, 1.807) is 43.3 Å². The number of H-pyrrole nitrogens is 1. The van der Waals surface area contributed by atoms with Crippen LogP contribution in [-0.4, -0.2) is 21.9 Å². The van der Waals surface area contributed by atoms with Gasteiger partial charge >= 0.3 is 6.03 Å². The molecule has 1 heterocycles. The summed E-state index contributed by atoms with van der Waals surface area (Å²) in [5.41, 5.74) is 1.03. The maximum absolute atomic E-state index is 12.7. The molecular weight excluding hydrogens is 394 g/mol. The highest BCUT2D eigenvalue weighted by atomic mass is 16.2. The Morgan fingerprint density at radius 2 is 1.45 bits per heavy atom.